The molecule has 1 unspecified atom stereocenters. The van der Waals surface area contributed by atoms with Gasteiger partial charge in [-0.2, -0.15) is 9.94 Å². The minimum absolute atomic E-state index is 0.107. The predicted molar refractivity (Wildman–Crippen MR) is 83.4 cm³/mol. The maximum absolute atomic E-state index is 12.7. The number of rotatable bonds is 1. The van der Waals surface area contributed by atoms with E-state index in [1.165, 1.54) is 0 Å². The molecule has 4 rings (SSSR count). The number of nitrogens with zero attached hydrogens (tertiary/aromatic N) is 5. The Balaban J connectivity index is 1.93. The van der Waals surface area contributed by atoms with Crippen molar-refractivity contribution >= 4 is 16.8 Å². The van der Waals surface area contributed by atoms with Crippen molar-refractivity contribution in [3.05, 3.63) is 28.0 Å². The molecule has 1 amide bonds. The average Bonchev–Trinajstić information content (AvgIpc) is 3.03. The van der Waals surface area contributed by atoms with Crippen LogP contribution in [0, 0.1) is 11.3 Å². The highest BCUT2D eigenvalue weighted by atomic mass is 16.5. The monoisotopic (exact) mass is 325 g/mol. The first-order valence-electron chi connectivity index (χ1n) is 7.75. The Hall–Kier alpha value is -2.95. The Labute approximate surface area is 137 Å². The third-order valence-corrected chi connectivity index (χ3v) is 4.52. The van der Waals surface area contributed by atoms with Crippen molar-refractivity contribution in [1.82, 2.24) is 19.9 Å². The highest BCUT2D eigenvalue weighted by Gasteiger charge is 2.37. The van der Waals surface area contributed by atoms with Crippen molar-refractivity contribution in [2.24, 2.45) is 0 Å². The number of ether oxygens (including phenoxy) is 1. The van der Waals surface area contributed by atoms with Gasteiger partial charge in [0.1, 0.15) is 16.8 Å². The predicted octanol–water partition coefficient (Wildman–Crippen LogP) is 1.00. The molecule has 1 saturated heterocycles. The summed E-state index contributed by atoms with van der Waals surface area (Å²) in [6, 6.07) is 5.11. The molecule has 1 aromatic carbocycles. The molecule has 8 heteroatoms. The maximum Gasteiger partial charge on any atom is 0.279 e. The van der Waals surface area contributed by atoms with E-state index in [9.17, 15) is 14.9 Å². The summed E-state index contributed by atoms with van der Waals surface area (Å²) < 4.78 is 6.93. The summed E-state index contributed by atoms with van der Waals surface area (Å²) in [7, 11) is 0. The fraction of sp³-hybridized carbons (Fsp3) is 0.438. The van der Waals surface area contributed by atoms with E-state index in [0.29, 0.717) is 23.4 Å². The van der Waals surface area contributed by atoms with Gasteiger partial charge in [0, 0.05) is 13.0 Å². The van der Waals surface area contributed by atoms with E-state index in [0.717, 1.165) is 17.5 Å². The summed E-state index contributed by atoms with van der Waals surface area (Å²) in [6.07, 6.45) is 1.41. The van der Waals surface area contributed by atoms with Crippen molar-refractivity contribution < 1.29 is 9.53 Å². The van der Waals surface area contributed by atoms with Crippen molar-refractivity contribution in [3.8, 4) is 11.8 Å². The van der Waals surface area contributed by atoms with Gasteiger partial charge < -0.3 is 9.64 Å². The van der Waals surface area contributed by atoms with Gasteiger partial charge in [-0.05, 0) is 32.4 Å². The van der Waals surface area contributed by atoms with Crippen molar-refractivity contribution in [2.75, 3.05) is 6.54 Å². The molecule has 8 nitrogen and oxygen atoms in total. The Morgan fingerprint density at radius 1 is 1.38 bits per heavy atom. The number of aromatic nitrogens is 3. The number of hydrogen-bond acceptors (Lipinski definition) is 6. The lowest BCUT2D eigenvalue weighted by molar-refractivity contribution is 0.0295. The van der Waals surface area contributed by atoms with Crippen LogP contribution in [0.1, 0.15) is 37.0 Å². The zero-order chi connectivity index (χ0) is 17.1. The van der Waals surface area contributed by atoms with Crippen LogP contribution < -0.4 is 10.3 Å². The lowest BCUT2D eigenvalue weighted by atomic mass is 10.1. The second-order valence-electron chi connectivity index (χ2n) is 6.56. The molecule has 1 aromatic heterocycles. The number of amides is 1. The minimum Gasteiger partial charge on any atom is -0.470 e. The molecule has 0 aliphatic carbocycles. The van der Waals surface area contributed by atoms with Gasteiger partial charge in [-0.25, -0.2) is 0 Å². The summed E-state index contributed by atoms with van der Waals surface area (Å²) in [5.74, 6) is 0.283. The molecule has 24 heavy (non-hydrogen) atoms. The van der Waals surface area contributed by atoms with Gasteiger partial charge in [-0.3, -0.25) is 9.59 Å². The number of carbonyl (C=O) groups excluding carboxylic acids is 1. The van der Waals surface area contributed by atoms with Crippen LogP contribution in [0.15, 0.2) is 16.9 Å². The van der Waals surface area contributed by atoms with Crippen LogP contribution in [0.3, 0.4) is 0 Å². The average molecular weight is 325 g/mol. The molecule has 2 aromatic rings. The van der Waals surface area contributed by atoms with Gasteiger partial charge in [-0.15, -0.1) is 5.10 Å². The molecule has 0 bridgehead atoms. The molecule has 1 atom stereocenters. The Bertz CT molecular complexity index is 972. The highest BCUT2D eigenvalue weighted by molar-refractivity contribution is 6.01. The van der Waals surface area contributed by atoms with Crippen LogP contribution in [-0.2, 0) is 5.54 Å². The van der Waals surface area contributed by atoms with Crippen LogP contribution in [-0.4, -0.2) is 38.6 Å². The van der Waals surface area contributed by atoms with Gasteiger partial charge in [0.15, 0.2) is 6.23 Å². The van der Waals surface area contributed by atoms with Gasteiger partial charge >= 0.3 is 0 Å². The third-order valence-electron chi connectivity index (χ3n) is 4.52. The Kier molecular flexibility index (Phi) is 2.91. The fourth-order valence-corrected chi connectivity index (χ4v) is 3.14. The smallest absolute Gasteiger partial charge is 0.279 e. The summed E-state index contributed by atoms with van der Waals surface area (Å²) in [5.41, 5.74) is -0.836. The van der Waals surface area contributed by atoms with E-state index in [1.54, 1.807) is 30.9 Å². The quantitative estimate of drug-likeness (QED) is 0.775. The number of nitriles is 1. The summed E-state index contributed by atoms with van der Waals surface area (Å²) in [4.78, 5) is 27.0. The van der Waals surface area contributed by atoms with Crippen LogP contribution in [0.2, 0.25) is 0 Å². The molecule has 2 aliphatic heterocycles. The fourth-order valence-electron chi connectivity index (χ4n) is 3.14. The summed E-state index contributed by atoms with van der Waals surface area (Å²) in [6.45, 7) is 3.85. The van der Waals surface area contributed by atoms with E-state index in [2.05, 4.69) is 10.3 Å². The molecular weight excluding hydrogens is 310 g/mol. The molecule has 122 valence electrons. The van der Waals surface area contributed by atoms with E-state index in [-0.39, 0.29) is 17.5 Å². The van der Waals surface area contributed by atoms with E-state index in [4.69, 9.17) is 4.74 Å². The van der Waals surface area contributed by atoms with Gasteiger partial charge in [0.05, 0.1) is 17.0 Å². The first-order chi connectivity index (χ1) is 11.4. The molecule has 2 aliphatic rings. The van der Waals surface area contributed by atoms with Crippen molar-refractivity contribution in [1.29, 1.82) is 5.26 Å². The largest absolute Gasteiger partial charge is 0.470 e. The first kappa shape index (κ1) is 14.6. The summed E-state index contributed by atoms with van der Waals surface area (Å²) >= 11 is 0. The number of fused-ring (bicyclic) bond motifs is 3. The lowest BCUT2D eigenvalue weighted by Crippen LogP contribution is -2.43. The van der Waals surface area contributed by atoms with E-state index < -0.39 is 11.1 Å². The molecule has 0 saturated carbocycles. The molecule has 3 heterocycles. The van der Waals surface area contributed by atoms with Crippen molar-refractivity contribution in [3.63, 3.8) is 0 Å². The minimum atomic E-state index is -1.12. The van der Waals surface area contributed by atoms with E-state index in [1.807, 2.05) is 6.07 Å². The van der Waals surface area contributed by atoms with E-state index >= 15 is 0 Å². The zero-order valence-electron chi connectivity index (χ0n) is 13.3. The van der Waals surface area contributed by atoms with Crippen molar-refractivity contribution in [2.45, 2.75) is 38.5 Å². The first-order valence-corrected chi connectivity index (χ1v) is 7.75. The molecule has 0 N–H and O–H groups in total. The standard InChI is InChI=1S/C16H15N5O3/c1-16(2,8-17)21-15(23)9-7-12-10(6-11(9)18-19-21)14(22)20-5-3-4-13(20)24-12/h6-7,13H,3-5H2,1-2H3. The lowest BCUT2D eigenvalue weighted by Gasteiger charge is -2.31. The van der Waals surface area contributed by atoms with Crippen LogP contribution in [0.4, 0.5) is 0 Å². The molecule has 1 fully saturated rings. The maximum atomic E-state index is 12.7. The second kappa shape index (κ2) is 4.77. The molecular formula is C16H15N5O3. The van der Waals surface area contributed by atoms with Crippen LogP contribution in [0.5, 0.6) is 5.75 Å². The number of benzene rings is 1. The third kappa shape index (κ3) is 1.91. The number of hydrogen-bond donors (Lipinski definition) is 0. The van der Waals surface area contributed by atoms with Gasteiger partial charge in [0.25, 0.3) is 11.5 Å². The van der Waals surface area contributed by atoms with Gasteiger partial charge in [-0.1, -0.05) is 5.21 Å². The Morgan fingerprint density at radius 2 is 2.17 bits per heavy atom. The van der Waals surface area contributed by atoms with Gasteiger partial charge in [0.2, 0.25) is 0 Å². The number of carbonyl (C=O) groups is 1. The van der Waals surface area contributed by atoms with Crippen LogP contribution >= 0.6 is 0 Å². The SMILES string of the molecule is CC(C)(C#N)n1nnc2cc3c(cc2c1=O)OC1CCCN1C3=O. The zero-order valence-corrected chi connectivity index (χ0v) is 13.3. The topological polar surface area (TPSA) is 101 Å². The molecule has 0 spiro atoms. The molecule has 0 radical (unpaired) electrons. The second-order valence-corrected chi connectivity index (χ2v) is 6.56. The van der Waals surface area contributed by atoms with Crippen LogP contribution in [0.25, 0.3) is 10.9 Å². The highest BCUT2D eigenvalue weighted by Crippen LogP contribution is 2.34. The normalized spacial score (nSPS) is 19.6. The Morgan fingerprint density at radius 3 is 2.92 bits per heavy atom. The summed E-state index contributed by atoms with van der Waals surface area (Å²) in [5, 5.41) is 17.4.